The Balaban J connectivity index is 2.02. The van der Waals surface area contributed by atoms with Crippen molar-refractivity contribution in [2.75, 3.05) is 13.2 Å². The number of fused-ring (bicyclic) bond motifs is 1. The summed E-state index contributed by atoms with van der Waals surface area (Å²) >= 11 is 0. The Bertz CT molecular complexity index is 639. The van der Waals surface area contributed by atoms with Gasteiger partial charge in [0.2, 0.25) is 0 Å². The van der Waals surface area contributed by atoms with Crippen molar-refractivity contribution in [2.45, 2.75) is 39.7 Å². The molecule has 5 unspecified atom stereocenters. The van der Waals surface area contributed by atoms with Gasteiger partial charge in [-0.3, -0.25) is 14.4 Å². The molecule has 3 fully saturated rings. The molecule has 23 heavy (non-hydrogen) atoms. The van der Waals surface area contributed by atoms with Crippen molar-refractivity contribution in [1.82, 2.24) is 0 Å². The third kappa shape index (κ3) is 1.78. The van der Waals surface area contributed by atoms with Crippen molar-refractivity contribution in [1.29, 1.82) is 5.26 Å². The third-order valence-corrected chi connectivity index (χ3v) is 5.97. The van der Waals surface area contributed by atoms with Crippen LogP contribution in [0.2, 0.25) is 0 Å². The fourth-order valence-corrected chi connectivity index (χ4v) is 4.88. The molecule has 0 aromatic heterocycles. The summed E-state index contributed by atoms with van der Waals surface area (Å²) in [6.07, 6.45) is 0.228. The van der Waals surface area contributed by atoms with Crippen molar-refractivity contribution in [3.8, 4) is 6.07 Å². The molecule has 0 amide bonds. The van der Waals surface area contributed by atoms with Crippen LogP contribution in [0.15, 0.2) is 0 Å². The molecule has 2 aliphatic carbocycles. The topological polar surface area (TPSA) is 103 Å². The molecule has 3 aliphatic rings. The van der Waals surface area contributed by atoms with E-state index in [1.165, 1.54) is 13.8 Å². The normalized spacial score (nSPS) is 43.0. The van der Waals surface area contributed by atoms with Gasteiger partial charge in [0, 0.05) is 25.2 Å². The lowest BCUT2D eigenvalue weighted by Crippen LogP contribution is -2.49. The standard InChI is InChI=1S/C16H19NO6/c1-9-12-16(8-22-11(3)19)5-14(9,7-21-10(2)18)4-15(16,6-17)13(20)23-12/h9,12H,4-5,7-8H2,1-3H3. The van der Waals surface area contributed by atoms with Gasteiger partial charge in [0.15, 0.2) is 5.41 Å². The molecule has 0 spiro atoms. The smallest absolute Gasteiger partial charge is 0.327 e. The summed E-state index contributed by atoms with van der Waals surface area (Å²) in [4.78, 5) is 34.9. The van der Waals surface area contributed by atoms with Crippen LogP contribution < -0.4 is 0 Å². The zero-order chi connectivity index (χ0) is 17.0. The Kier molecular flexibility index (Phi) is 3.22. The van der Waals surface area contributed by atoms with Crippen LogP contribution in [0.25, 0.3) is 0 Å². The summed E-state index contributed by atoms with van der Waals surface area (Å²) in [5.41, 5.74) is -2.69. The fraction of sp³-hybridized carbons (Fsp3) is 0.750. The van der Waals surface area contributed by atoms with Gasteiger partial charge in [-0.15, -0.1) is 0 Å². The highest BCUT2D eigenvalue weighted by atomic mass is 16.6. The lowest BCUT2D eigenvalue weighted by atomic mass is 9.60. The Hall–Kier alpha value is -2.10. The highest BCUT2D eigenvalue weighted by Crippen LogP contribution is 2.76. The first kappa shape index (κ1) is 15.8. The molecule has 1 saturated heterocycles. The molecule has 3 rings (SSSR count). The van der Waals surface area contributed by atoms with Gasteiger partial charge in [0.05, 0.1) is 18.1 Å². The minimum absolute atomic E-state index is 0.0293. The number of nitrogens with zero attached hydrogens (tertiary/aromatic N) is 1. The lowest BCUT2D eigenvalue weighted by Gasteiger charge is -2.39. The van der Waals surface area contributed by atoms with Crippen molar-refractivity contribution >= 4 is 17.9 Å². The Morgan fingerprint density at radius 2 is 1.87 bits per heavy atom. The largest absolute Gasteiger partial charge is 0.465 e. The summed E-state index contributed by atoms with van der Waals surface area (Å²) in [6, 6.07) is 2.14. The number of carbonyl (C=O) groups excluding carboxylic acids is 3. The predicted octanol–water partition coefficient (Wildman–Crippen LogP) is 0.964. The van der Waals surface area contributed by atoms with Crippen LogP contribution in [0.1, 0.15) is 33.6 Å². The zero-order valence-electron chi connectivity index (χ0n) is 13.4. The van der Waals surface area contributed by atoms with Crippen LogP contribution in [0.5, 0.6) is 0 Å². The van der Waals surface area contributed by atoms with E-state index in [0.29, 0.717) is 6.42 Å². The van der Waals surface area contributed by atoms with E-state index in [9.17, 15) is 19.6 Å². The van der Waals surface area contributed by atoms with Crippen LogP contribution in [-0.2, 0) is 28.6 Å². The average Bonchev–Trinajstić information content (AvgIpc) is 2.97. The van der Waals surface area contributed by atoms with Gasteiger partial charge in [0.25, 0.3) is 0 Å². The molecule has 1 aliphatic heterocycles. The second-order valence-electron chi connectivity index (χ2n) is 7.06. The van der Waals surface area contributed by atoms with Gasteiger partial charge in [-0.25, -0.2) is 0 Å². The maximum atomic E-state index is 12.4. The summed E-state index contributed by atoms with van der Waals surface area (Å²) in [5.74, 6) is -1.49. The van der Waals surface area contributed by atoms with Gasteiger partial charge in [-0.05, 0) is 12.8 Å². The van der Waals surface area contributed by atoms with Crippen molar-refractivity contribution < 1.29 is 28.6 Å². The quantitative estimate of drug-likeness (QED) is 0.561. The van der Waals surface area contributed by atoms with Gasteiger partial charge in [0.1, 0.15) is 12.7 Å². The molecule has 0 aromatic carbocycles. The van der Waals surface area contributed by atoms with Crippen LogP contribution >= 0.6 is 0 Å². The molecule has 0 radical (unpaired) electrons. The van der Waals surface area contributed by atoms with E-state index in [4.69, 9.17) is 14.2 Å². The van der Waals surface area contributed by atoms with Gasteiger partial charge in [-0.1, -0.05) is 6.92 Å². The number of hydrogen-bond acceptors (Lipinski definition) is 7. The number of carbonyl (C=O) groups is 3. The first-order valence-corrected chi connectivity index (χ1v) is 7.62. The number of rotatable bonds is 4. The zero-order valence-corrected chi connectivity index (χ0v) is 13.4. The van der Waals surface area contributed by atoms with E-state index in [1.54, 1.807) is 0 Å². The SMILES string of the molecule is CC(=O)OCC12CC3(C#N)C(=O)OC(C1C)C3(COC(C)=O)C2. The van der Waals surface area contributed by atoms with Crippen molar-refractivity contribution in [3.63, 3.8) is 0 Å². The summed E-state index contributed by atoms with van der Waals surface area (Å²) in [5, 5.41) is 9.75. The molecule has 7 heteroatoms. The van der Waals surface area contributed by atoms with E-state index in [-0.39, 0.29) is 25.6 Å². The van der Waals surface area contributed by atoms with Crippen LogP contribution in [0.3, 0.4) is 0 Å². The minimum Gasteiger partial charge on any atom is -0.465 e. The maximum absolute atomic E-state index is 12.4. The van der Waals surface area contributed by atoms with E-state index in [1.807, 2.05) is 6.92 Å². The third-order valence-electron chi connectivity index (χ3n) is 5.97. The van der Waals surface area contributed by atoms with Crippen LogP contribution in [0.4, 0.5) is 0 Å². The predicted molar refractivity (Wildman–Crippen MR) is 74.5 cm³/mol. The van der Waals surface area contributed by atoms with Gasteiger partial charge < -0.3 is 14.2 Å². The first-order valence-electron chi connectivity index (χ1n) is 7.62. The van der Waals surface area contributed by atoms with E-state index >= 15 is 0 Å². The number of nitriles is 1. The molecular weight excluding hydrogens is 302 g/mol. The Morgan fingerprint density at radius 1 is 1.26 bits per heavy atom. The molecular formula is C16H19NO6. The molecule has 1 heterocycles. The Labute approximate surface area is 133 Å². The number of esters is 3. The Morgan fingerprint density at radius 3 is 2.43 bits per heavy atom. The molecule has 7 nitrogen and oxygen atoms in total. The summed E-state index contributed by atoms with van der Waals surface area (Å²) in [6.45, 7) is 4.66. The van der Waals surface area contributed by atoms with E-state index in [2.05, 4.69) is 6.07 Å². The van der Waals surface area contributed by atoms with Crippen molar-refractivity contribution in [2.24, 2.45) is 22.2 Å². The molecule has 2 bridgehead atoms. The van der Waals surface area contributed by atoms with Crippen molar-refractivity contribution in [3.05, 3.63) is 0 Å². The average molecular weight is 321 g/mol. The fourth-order valence-electron chi connectivity index (χ4n) is 4.88. The van der Waals surface area contributed by atoms with Crippen LogP contribution in [-0.4, -0.2) is 37.2 Å². The van der Waals surface area contributed by atoms with Gasteiger partial charge >= 0.3 is 17.9 Å². The number of ether oxygens (including phenoxy) is 3. The molecule has 2 saturated carbocycles. The highest BCUT2D eigenvalue weighted by molar-refractivity contribution is 5.86. The number of hydrogen-bond donors (Lipinski definition) is 0. The highest BCUT2D eigenvalue weighted by Gasteiger charge is 2.83. The lowest BCUT2D eigenvalue weighted by molar-refractivity contribution is -0.149. The minimum atomic E-state index is -1.33. The monoisotopic (exact) mass is 321 g/mol. The van der Waals surface area contributed by atoms with Crippen LogP contribution in [0, 0.1) is 33.5 Å². The molecule has 5 atom stereocenters. The van der Waals surface area contributed by atoms with E-state index in [0.717, 1.165) is 0 Å². The van der Waals surface area contributed by atoms with Gasteiger partial charge in [-0.2, -0.15) is 5.26 Å². The molecule has 124 valence electrons. The summed E-state index contributed by atoms with van der Waals surface area (Å²) < 4.78 is 15.9. The second-order valence-corrected chi connectivity index (χ2v) is 7.06. The van der Waals surface area contributed by atoms with E-state index < -0.39 is 40.3 Å². The molecule has 0 aromatic rings. The maximum Gasteiger partial charge on any atom is 0.327 e. The summed E-state index contributed by atoms with van der Waals surface area (Å²) in [7, 11) is 0. The second kappa shape index (κ2) is 4.70. The molecule has 0 N–H and O–H groups in total. The first-order chi connectivity index (χ1) is 10.7.